The van der Waals surface area contributed by atoms with Crippen molar-refractivity contribution in [1.82, 2.24) is 9.97 Å². The zero-order valence-electron chi connectivity index (χ0n) is 8.82. The van der Waals surface area contributed by atoms with E-state index in [1.807, 2.05) is 6.07 Å². The maximum Gasteiger partial charge on any atom is 0.115 e. The molecule has 0 saturated heterocycles. The lowest BCUT2D eigenvalue weighted by molar-refractivity contribution is 1.01. The summed E-state index contributed by atoms with van der Waals surface area (Å²) in [5, 5.41) is 4.04. The van der Waals surface area contributed by atoms with Crippen molar-refractivity contribution in [3.05, 3.63) is 46.5 Å². The van der Waals surface area contributed by atoms with Gasteiger partial charge in [0, 0.05) is 6.20 Å². The maximum absolute atomic E-state index is 5.91. The number of nitrogens with zero attached hydrogens (tertiary/aromatic N) is 2. The zero-order valence-corrected chi connectivity index (χ0v) is 10.3. The largest absolute Gasteiger partial charge is 0.397 e. The molecule has 88 valence electrons. The van der Waals surface area contributed by atoms with E-state index in [0.717, 1.165) is 11.4 Å². The van der Waals surface area contributed by atoms with E-state index in [1.165, 1.54) is 6.33 Å². The summed E-state index contributed by atoms with van der Waals surface area (Å²) < 4.78 is 0. The average Bonchev–Trinajstić information content (AvgIpc) is 2.33. The van der Waals surface area contributed by atoms with Crippen LogP contribution in [0.1, 0.15) is 5.69 Å². The molecule has 0 radical (unpaired) electrons. The Morgan fingerprint density at radius 2 is 2.00 bits per heavy atom. The molecule has 2 rings (SSSR count). The first kappa shape index (κ1) is 12.0. The summed E-state index contributed by atoms with van der Waals surface area (Å²) in [4.78, 5) is 7.93. The fraction of sp³-hybridized carbons (Fsp3) is 0.0909. The monoisotopic (exact) mass is 268 g/mol. The molecule has 3 N–H and O–H groups in total. The molecular formula is C11H10Cl2N4. The van der Waals surface area contributed by atoms with E-state index in [1.54, 1.807) is 18.3 Å². The molecule has 0 unspecified atom stereocenters. The number of rotatable bonds is 3. The molecule has 1 aromatic carbocycles. The maximum atomic E-state index is 5.91. The quantitative estimate of drug-likeness (QED) is 0.841. The Balaban J connectivity index is 2.12. The Hall–Kier alpha value is -1.52. The third-order valence-electron chi connectivity index (χ3n) is 2.20. The topological polar surface area (TPSA) is 63.8 Å². The van der Waals surface area contributed by atoms with Crippen LogP contribution >= 0.6 is 23.2 Å². The number of benzene rings is 1. The fourth-order valence-electron chi connectivity index (χ4n) is 1.32. The van der Waals surface area contributed by atoms with Crippen LogP contribution in [0.2, 0.25) is 10.0 Å². The molecule has 1 heterocycles. The van der Waals surface area contributed by atoms with E-state index in [4.69, 9.17) is 28.9 Å². The van der Waals surface area contributed by atoms with Gasteiger partial charge in [-0.25, -0.2) is 9.97 Å². The summed E-state index contributed by atoms with van der Waals surface area (Å²) in [6, 6.07) is 5.13. The second kappa shape index (κ2) is 5.21. The third kappa shape index (κ3) is 2.99. The van der Waals surface area contributed by atoms with Crippen LogP contribution < -0.4 is 11.1 Å². The number of anilines is 2. The summed E-state index contributed by atoms with van der Waals surface area (Å²) >= 11 is 11.8. The van der Waals surface area contributed by atoms with Gasteiger partial charge in [-0.05, 0) is 18.2 Å². The number of nitrogen functional groups attached to an aromatic ring is 1. The number of aromatic nitrogens is 2. The second-order valence-electron chi connectivity index (χ2n) is 3.41. The predicted molar refractivity (Wildman–Crippen MR) is 70.2 cm³/mol. The fourth-order valence-corrected chi connectivity index (χ4v) is 1.66. The minimum absolute atomic E-state index is 0.441. The SMILES string of the molecule is Nc1cc(Cl)c(Cl)cc1NCc1ccncn1. The molecule has 17 heavy (non-hydrogen) atoms. The minimum Gasteiger partial charge on any atom is -0.397 e. The summed E-state index contributed by atoms with van der Waals surface area (Å²) in [6.45, 7) is 0.546. The second-order valence-corrected chi connectivity index (χ2v) is 4.22. The van der Waals surface area contributed by atoms with E-state index < -0.39 is 0 Å². The Kier molecular flexibility index (Phi) is 3.66. The molecule has 0 aliphatic heterocycles. The van der Waals surface area contributed by atoms with Crippen LogP contribution in [0.5, 0.6) is 0 Å². The Bertz CT molecular complexity index is 516. The van der Waals surface area contributed by atoms with Gasteiger partial charge in [-0.1, -0.05) is 23.2 Å². The van der Waals surface area contributed by atoms with Gasteiger partial charge in [-0.2, -0.15) is 0 Å². The van der Waals surface area contributed by atoms with Crippen molar-refractivity contribution >= 4 is 34.6 Å². The molecule has 1 aromatic heterocycles. The van der Waals surface area contributed by atoms with Crippen molar-refractivity contribution in [3.8, 4) is 0 Å². The van der Waals surface area contributed by atoms with Crippen molar-refractivity contribution in [2.45, 2.75) is 6.54 Å². The normalized spacial score (nSPS) is 10.2. The van der Waals surface area contributed by atoms with Crippen molar-refractivity contribution in [2.75, 3.05) is 11.1 Å². The smallest absolute Gasteiger partial charge is 0.115 e. The molecule has 0 fully saturated rings. The molecule has 2 aromatic rings. The first-order chi connectivity index (χ1) is 8.16. The van der Waals surface area contributed by atoms with E-state index in [9.17, 15) is 0 Å². The highest BCUT2D eigenvalue weighted by molar-refractivity contribution is 6.42. The molecule has 0 saturated carbocycles. The number of hydrogen-bond donors (Lipinski definition) is 2. The van der Waals surface area contributed by atoms with Gasteiger partial charge in [0.1, 0.15) is 6.33 Å². The molecule has 6 heteroatoms. The molecule has 0 aliphatic carbocycles. The van der Waals surface area contributed by atoms with Gasteiger partial charge in [0.05, 0.1) is 33.7 Å². The highest BCUT2D eigenvalue weighted by Gasteiger charge is 2.04. The average molecular weight is 269 g/mol. The van der Waals surface area contributed by atoms with Crippen molar-refractivity contribution in [1.29, 1.82) is 0 Å². The van der Waals surface area contributed by atoms with E-state index in [-0.39, 0.29) is 0 Å². The van der Waals surface area contributed by atoms with Gasteiger partial charge < -0.3 is 11.1 Å². The summed E-state index contributed by atoms with van der Waals surface area (Å²) in [5.74, 6) is 0. The van der Waals surface area contributed by atoms with Crippen LogP contribution in [0, 0.1) is 0 Å². The molecule has 0 amide bonds. The van der Waals surface area contributed by atoms with E-state index in [0.29, 0.717) is 22.3 Å². The number of halogens is 2. The van der Waals surface area contributed by atoms with E-state index in [2.05, 4.69) is 15.3 Å². The van der Waals surface area contributed by atoms with Crippen molar-refractivity contribution in [2.24, 2.45) is 0 Å². The minimum atomic E-state index is 0.441. The Labute approximate surface area is 109 Å². The number of nitrogens with one attached hydrogen (secondary N) is 1. The van der Waals surface area contributed by atoms with Crippen LogP contribution in [0.25, 0.3) is 0 Å². The third-order valence-corrected chi connectivity index (χ3v) is 2.92. The van der Waals surface area contributed by atoms with Crippen molar-refractivity contribution in [3.63, 3.8) is 0 Å². The van der Waals surface area contributed by atoms with Gasteiger partial charge in [-0.15, -0.1) is 0 Å². The highest BCUT2D eigenvalue weighted by atomic mass is 35.5. The lowest BCUT2D eigenvalue weighted by atomic mass is 10.2. The van der Waals surface area contributed by atoms with Gasteiger partial charge in [0.25, 0.3) is 0 Å². The van der Waals surface area contributed by atoms with Crippen molar-refractivity contribution < 1.29 is 0 Å². The van der Waals surface area contributed by atoms with Crippen LogP contribution in [0.3, 0.4) is 0 Å². The summed E-state index contributed by atoms with van der Waals surface area (Å²) in [6.07, 6.45) is 3.18. The Morgan fingerprint density at radius 3 is 2.71 bits per heavy atom. The molecule has 0 aliphatic rings. The Morgan fingerprint density at radius 1 is 1.24 bits per heavy atom. The highest BCUT2D eigenvalue weighted by Crippen LogP contribution is 2.30. The first-order valence-corrected chi connectivity index (χ1v) is 5.65. The molecular weight excluding hydrogens is 259 g/mol. The molecule has 0 spiro atoms. The summed E-state index contributed by atoms with van der Waals surface area (Å²) in [7, 11) is 0. The van der Waals surface area contributed by atoms with Crippen LogP contribution in [-0.2, 0) is 6.54 Å². The van der Waals surface area contributed by atoms with Gasteiger partial charge >= 0.3 is 0 Å². The molecule has 4 nitrogen and oxygen atoms in total. The van der Waals surface area contributed by atoms with Gasteiger partial charge in [0.15, 0.2) is 0 Å². The van der Waals surface area contributed by atoms with Crippen LogP contribution in [0.15, 0.2) is 30.7 Å². The van der Waals surface area contributed by atoms with Gasteiger partial charge in [-0.3, -0.25) is 0 Å². The zero-order chi connectivity index (χ0) is 12.3. The summed E-state index contributed by atoms with van der Waals surface area (Å²) in [5.41, 5.74) is 7.97. The molecule has 0 atom stereocenters. The van der Waals surface area contributed by atoms with Gasteiger partial charge in [0.2, 0.25) is 0 Å². The van der Waals surface area contributed by atoms with E-state index >= 15 is 0 Å². The molecule has 0 bridgehead atoms. The first-order valence-electron chi connectivity index (χ1n) is 4.90. The number of nitrogens with two attached hydrogens (primary N) is 1. The predicted octanol–water partition coefficient (Wildman–Crippen LogP) is 2.98. The lowest BCUT2D eigenvalue weighted by Gasteiger charge is -2.10. The standard InChI is InChI=1S/C11H10Cl2N4/c12-8-3-10(14)11(4-9(8)13)16-5-7-1-2-15-6-17-7/h1-4,6,16H,5,14H2. The number of hydrogen-bond acceptors (Lipinski definition) is 4. The lowest BCUT2D eigenvalue weighted by Crippen LogP contribution is -2.04. The van der Waals surface area contributed by atoms with Crippen LogP contribution in [0.4, 0.5) is 11.4 Å². The van der Waals surface area contributed by atoms with Crippen LogP contribution in [-0.4, -0.2) is 9.97 Å².